The number of para-hydroxylation sites is 1. The van der Waals surface area contributed by atoms with E-state index in [-0.39, 0.29) is 0 Å². The number of nitrogens with one attached hydrogen (secondary N) is 1. The molecule has 4 heteroatoms. The number of halogens is 1. The molecule has 0 amide bonds. The summed E-state index contributed by atoms with van der Waals surface area (Å²) in [6, 6.07) is 5.93. The van der Waals surface area contributed by atoms with Gasteiger partial charge in [-0.2, -0.15) is 0 Å². The second kappa shape index (κ2) is 6.89. The van der Waals surface area contributed by atoms with Crippen molar-refractivity contribution in [3.63, 3.8) is 0 Å². The highest BCUT2D eigenvalue weighted by atomic mass is 79.9. The number of ether oxygens (including phenoxy) is 1. The van der Waals surface area contributed by atoms with Gasteiger partial charge in [-0.05, 0) is 35.5 Å². The molecule has 90 valence electrons. The predicted octanol–water partition coefficient (Wildman–Crippen LogP) is 2.32. The normalized spacial score (nSPS) is 12.5. The van der Waals surface area contributed by atoms with Crippen LogP contribution < -0.4 is 10.1 Å². The van der Waals surface area contributed by atoms with Crippen LogP contribution in [0.25, 0.3) is 0 Å². The maximum absolute atomic E-state index is 9.22. The number of benzene rings is 1. The first-order chi connectivity index (χ1) is 7.65. The number of aliphatic hydroxyl groups is 1. The van der Waals surface area contributed by atoms with Crippen molar-refractivity contribution < 1.29 is 9.84 Å². The van der Waals surface area contributed by atoms with Crippen molar-refractivity contribution in [2.24, 2.45) is 0 Å². The lowest BCUT2D eigenvalue weighted by Gasteiger charge is -2.14. The van der Waals surface area contributed by atoms with Crippen LogP contribution in [0.15, 0.2) is 22.7 Å². The standard InChI is InChI=1S/C12H18BrNO2/c1-3-14-7-10-5-4-6-11(13)12(10)16-8-9(2)15/h4-6,9,14-15H,3,7-8H2,1-2H3. The molecular formula is C12H18BrNO2. The highest BCUT2D eigenvalue weighted by Gasteiger charge is 2.08. The third-order valence-corrected chi connectivity index (χ3v) is 2.71. The average molecular weight is 288 g/mol. The maximum Gasteiger partial charge on any atom is 0.138 e. The van der Waals surface area contributed by atoms with Gasteiger partial charge in [0.25, 0.3) is 0 Å². The first-order valence-corrected chi connectivity index (χ1v) is 6.23. The molecule has 0 spiro atoms. The molecule has 0 aliphatic carbocycles. The van der Waals surface area contributed by atoms with E-state index in [4.69, 9.17) is 4.74 Å². The lowest BCUT2D eigenvalue weighted by molar-refractivity contribution is 0.121. The summed E-state index contributed by atoms with van der Waals surface area (Å²) in [4.78, 5) is 0. The quantitative estimate of drug-likeness (QED) is 0.844. The number of aliphatic hydroxyl groups excluding tert-OH is 1. The van der Waals surface area contributed by atoms with Crippen LogP contribution in [0.5, 0.6) is 5.75 Å². The van der Waals surface area contributed by atoms with E-state index in [9.17, 15) is 5.11 Å². The van der Waals surface area contributed by atoms with Gasteiger partial charge in [0, 0.05) is 12.1 Å². The average Bonchev–Trinajstić information content (AvgIpc) is 2.24. The number of rotatable bonds is 6. The molecule has 0 saturated heterocycles. The largest absolute Gasteiger partial charge is 0.489 e. The molecule has 16 heavy (non-hydrogen) atoms. The zero-order valence-electron chi connectivity index (χ0n) is 9.66. The number of hydrogen-bond donors (Lipinski definition) is 2. The summed E-state index contributed by atoms with van der Waals surface area (Å²) in [5.74, 6) is 0.810. The van der Waals surface area contributed by atoms with Crippen molar-refractivity contribution in [1.29, 1.82) is 0 Å². The van der Waals surface area contributed by atoms with Gasteiger partial charge in [0.2, 0.25) is 0 Å². The Hall–Kier alpha value is -0.580. The monoisotopic (exact) mass is 287 g/mol. The van der Waals surface area contributed by atoms with Crippen molar-refractivity contribution >= 4 is 15.9 Å². The molecule has 0 fully saturated rings. The third-order valence-electron chi connectivity index (χ3n) is 2.08. The van der Waals surface area contributed by atoms with Crippen molar-refractivity contribution in [3.05, 3.63) is 28.2 Å². The van der Waals surface area contributed by atoms with E-state index < -0.39 is 6.10 Å². The van der Waals surface area contributed by atoms with Crippen LogP contribution in [0.2, 0.25) is 0 Å². The third kappa shape index (κ3) is 4.12. The Morgan fingerprint density at radius 1 is 1.50 bits per heavy atom. The molecule has 0 heterocycles. The van der Waals surface area contributed by atoms with E-state index in [1.54, 1.807) is 6.92 Å². The molecule has 0 saturated carbocycles. The van der Waals surface area contributed by atoms with Crippen molar-refractivity contribution in [1.82, 2.24) is 5.32 Å². The second-order valence-corrected chi connectivity index (χ2v) is 4.52. The topological polar surface area (TPSA) is 41.5 Å². The minimum Gasteiger partial charge on any atom is -0.489 e. The van der Waals surface area contributed by atoms with E-state index in [1.165, 1.54) is 0 Å². The fraction of sp³-hybridized carbons (Fsp3) is 0.500. The first kappa shape index (κ1) is 13.5. The van der Waals surface area contributed by atoms with Crippen molar-refractivity contribution in [2.75, 3.05) is 13.2 Å². The second-order valence-electron chi connectivity index (χ2n) is 3.67. The van der Waals surface area contributed by atoms with E-state index >= 15 is 0 Å². The molecule has 1 aromatic carbocycles. The Labute approximate surface area is 105 Å². The van der Waals surface area contributed by atoms with Gasteiger partial charge in [0.05, 0.1) is 10.6 Å². The van der Waals surface area contributed by atoms with Gasteiger partial charge >= 0.3 is 0 Å². The Balaban J connectivity index is 2.77. The summed E-state index contributed by atoms with van der Waals surface area (Å²) in [7, 11) is 0. The Kier molecular flexibility index (Phi) is 5.80. The molecule has 0 aliphatic heterocycles. The summed E-state index contributed by atoms with van der Waals surface area (Å²) in [6.07, 6.45) is -0.459. The first-order valence-electron chi connectivity index (χ1n) is 5.44. The molecule has 0 bridgehead atoms. The van der Waals surface area contributed by atoms with E-state index in [0.717, 1.165) is 28.9 Å². The maximum atomic E-state index is 9.22. The van der Waals surface area contributed by atoms with E-state index in [2.05, 4.69) is 28.2 Å². The Bertz CT molecular complexity index is 329. The van der Waals surface area contributed by atoms with Gasteiger partial charge in [-0.25, -0.2) is 0 Å². The fourth-order valence-corrected chi connectivity index (χ4v) is 1.84. The molecule has 0 aliphatic rings. The van der Waals surface area contributed by atoms with Gasteiger partial charge in [-0.15, -0.1) is 0 Å². The highest BCUT2D eigenvalue weighted by molar-refractivity contribution is 9.10. The molecule has 3 nitrogen and oxygen atoms in total. The van der Waals surface area contributed by atoms with Crippen molar-refractivity contribution in [3.8, 4) is 5.75 Å². The van der Waals surface area contributed by atoms with Crippen LogP contribution in [0.3, 0.4) is 0 Å². The van der Waals surface area contributed by atoms with Crippen LogP contribution in [0, 0.1) is 0 Å². The lowest BCUT2D eigenvalue weighted by Crippen LogP contribution is -2.16. The zero-order valence-corrected chi connectivity index (χ0v) is 11.3. The summed E-state index contributed by atoms with van der Waals surface area (Å²) in [5.41, 5.74) is 1.09. The van der Waals surface area contributed by atoms with Crippen molar-refractivity contribution in [2.45, 2.75) is 26.5 Å². The summed E-state index contributed by atoms with van der Waals surface area (Å²) in [6.45, 7) is 5.77. The minimum atomic E-state index is -0.459. The molecule has 1 atom stereocenters. The smallest absolute Gasteiger partial charge is 0.138 e. The highest BCUT2D eigenvalue weighted by Crippen LogP contribution is 2.29. The van der Waals surface area contributed by atoms with Crippen LogP contribution >= 0.6 is 15.9 Å². The fourth-order valence-electron chi connectivity index (χ4n) is 1.32. The van der Waals surface area contributed by atoms with E-state index in [0.29, 0.717) is 6.61 Å². The molecule has 1 unspecified atom stereocenters. The zero-order chi connectivity index (χ0) is 12.0. The summed E-state index contributed by atoms with van der Waals surface area (Å²) in [5, 5.41) is 12.5. The van der Waals surface area contributed by atoms with Crippen LogP contribution in [0.4, 0.5) is 0 Å². The van der Waals surface area contributed by atoms with Gasteiger partial charge in [0.15, 0.2) is 0 Å². The predicted molar refractivity (Wildman–Crippen MR) is 68.7 cm³/mol. The molecular weight excluding hydrogens is 270 g/mol. The molecule has 2 N–H and O–H groups in total. The van der Waals surface area contributed by atoms with Crippen LogP contribution in [-0.2, 0) is 6.54 Å². The minimum absolute atomic E-state index is 0.307. The summed E-state index contributed by atoms with van der Waals surface area (Å²) >= 11 is 3.45. The Morgan fingerprint density at radius 3 is 2.88 bits per heavy atom. The lowest BCUT2D eigenvalue weighted by atomic mass is 10.2. The van der Waals surface area contributed by atoms with Crippen LogP contribution in [-0.4, -0.2) is 24.4 Å². The molecule has 0 aromatic heterocycles. The van der Waals surface area contributed by atoms with Gasteiger partial charge in [-0.3, -0.25) is 0 Å². The summed E-state index contributed by atoms with van der Waals surface area (Å²) < 4.78 is 6.51. The van der Waals surface area contributed by atoms with Gasteiger partial charge in [0.1, 0.15) is 12.4 Å². The van der Waals surface area contributed by atoms with Gasteiger partial charge in [-0.1, -0.05) is 19.1 Å². The van der Waals surface area contributed by atoms with Gasteiger partial charge < -0.3 is 15.2 Å². The van der Waals surface area contributed by atoms with Crippen LogP contribution in [0.1, 0.15) is 19.4 Å². The van der Waals surface area contributed by atoms with E-state index in [1.807, 2.05) is 18.2 Å². The Morgan fingerprint density at radius 2 is 2.25 bits per heavy atom. The SMILES string of the molecule is CCNCc1cccc(Br)c1OCC(C)O. The molecule has 0 radical (unpaired) electrons. The molecule has 1 rings (SSSR count). The number of hydrogen-bond acceptors (Lipinski definition) is 3. The molecule has 1 aromatic rings.